The molecule has 3 rings (SSSR count). The minimum Gasteiger partial charge on any atom is -0.372 e. The molecule has 0 saturated heterocycles. The Bertz CT molecular complexity index is 619. The molecule has 0 aromatic heterocycles. The number of nitrogens with zero attached hydrogens (tertiary/aromatic N) is 1. The molecular weight excluding hydrogens is 258 g/mol. The number of benzene rings is 2. The first-order valence-corrected chi connectivity index (χ1v) is 7.13. The molecule has 2 nitrogen and oxygen atoms in total. The predicted octanol–water partition coefficient (Wildman–Crippen LogP) is 4.69. The first-order valence-electron chi connectivity index (χ1n) is 7.13. The Morgan fingerprint density at radius 1 is 0.857 bits per heavy atom. The maximum absolute atomic E-state index is 5.56. The minimum atomic E-state index is 0.586. The van der Waals surface area contributed by atoms with Gasteiger partial charge in [0.05, 0.1) is 18.9 Å². The van der Waals surface area contributed by atoms with Crippen molar-refractivity contribution in [1.29, 1.82) is 0 Å². The maximum atomic E-state index is 5.56. The molecule has 21 heavy (non-hydrogen) atoms. The topological polar surface area (TPSA) is 12.5 Å². The number of hydrogen-bond acceptors (Lipinski definition) is 2. The largest absolute Gasteiger partial charge is 0.372 e. The number of hydrogen-bond donors (Lipinski definition) is 0. The summed E-state index contributed by atoms with van der Waals surface area (Å²) in [5, 5.41) is 0. The summed E-state index contributed by atoms with van der Waals surface area (Å²) >= 11 is 0. The van der Waals surface area contributed by atoms with Crippen LogP contribution in [0.2, 0.25) is 0 Å². The van der Waals surface area contributed by atoms with E-state index in [2.05, 4.69) is 66.9 Å². The van der Waals surface area contributed by atoms with Crippen LogP contribution >= 0.6 is 0 Å². The Hall–Kier alpha value is -2.32. The highest BCUT2D eigenvalue weighted by Crippen LogP contribution is 2.35. The van der Waals surface area contributed by atoms with Gasteiger partial charge in [-0.15, -0.1) is 0 Å². The van der Waals surface area contributed by atoms with Crippen molar-refractivity contribution < 1.29 is 4.74 Å². The summed E-state index contributed by atoms with van der Waals surface area (Å²) in [6.45, 7) is 7.55. The lowest BCUT2D eigenvalue weighted by atomic mass is 10.0. The quantitative estimate of drug-likeness (QED) is 0.807. The van der Waals surface area contributed by atoms with Gasteiger partial charge in [0.2, 0.25) is 0 Å². The zero-order valence-corrected chi connectivity index (χ0v) is 12.3. The average Bonchev–Trinajstić information content (AvgIpc) is 2.53. The summed E-state index contributed by atoms with van der Waals surface area (Å²) < 4.78 is 5.56. The van der Waals surface area contributed by atoms with Crippen LogP contribution in [0.5, 0.6) is 0 Å². The van der Waals surface area contributed by atoms with Crippen molar-refractivity contribution in [2.75, 3.05) is 18.1 Å². The Balaban J connectivity index is 2.16. The van der Waals surface area contributed by atoms with E-state index in [1.807, 2.05) is 12.1 Å². The van der Waals surface area contributed by atoms with E-state index in [4.69, 9.17) is 4.74 Å². The average molecular weight is 277 g/mol. The molecule has 106 valence electrons. The molecular formula is C19H19NO. The van der Waals surface area contributed by atoms with E-state index in [-0.39, 0.29) is 0 Å². The number of rotatable bonds is 3. The van der Waals surface area contributed by atoms with Crippen molar-refractivity contribution in [3.8, 4) is 0 Å². The molecule has 0 amide bonds. The molecule has 0 aliphatic carbocycles. The molecule has 0 fully saturated rings. The predicted molar refractivity (Wildman–Crippen MR) is 87.7 cm³/mol. The second-order valence-corrected chi connectivity index (χ2v) is 5.23. The fraction of sp³-hybridized carbons (Fsp3) is 0.158. The van der Waals surface area contributed by atoms with Crippen molar-refractivity contribution in [2.24, 2.45) is 0 Å². The first-order chi connectivity index (χ1) is 10.3. The minimum absolute atomic E-state index is 0.586. The zero-order chi connectivity index (χ0) is 14.7. The van der Waals surface area contributed by atoms with Crippen LogP contribution in [0.1, 0.15) is 6.92 Å². The zero-order valence-electron chi connectivity index (χ0n) is 12.3. The number of ether oxygens (including phenoxy) is 1. The summed E-state index contributed by atoms with van der Waals surface area (Å²) in [4.78, 5) is 2.26. The summed E-state index contributed by atoms with van der Waals surface area (Å²) in [5.74, 6) is 0. The summed E-state index contributed by atoms with van der Waals surface area (Å²) in [5.41, 5.74) is 5.67. The molecule has 2 aromatic carbocycles. The van der Waals surface area contributed by atoms with Crippen molar-refractivity contribution >= 4 is 11.4 Å². The normalized spacial score (nSPS) is 15.2. The van der Waals surface area contributed by atoms with E-state index in [0.29, 0.717) is 13.2 Å². The molecule has 0 N–H and O–H groups in total. The first kappa shape index (κ1) is 13.7. The molecule has 0 saturated carbocycles. The second-order valence-electron chi connectivity index (χ2n) is 5.23. The van der Waals surface area contributed by atoms with Crippen LogP contribution in [0.25, 0.3) is 0 Å². The maximum Gasteiger partial charge on any atom is 0.0735 e. The smallest absolute Gasteiger partial charge is 0.0735 e. The van der Waals surface area contributed by atoms with E-state index in [9.17, 15) is 0 Å². The van der Waals surface area contributed by atoms with E-state index >= 15 is 0 Å². The van der Waals surface area contributed by atoms with E-state index in [1.165, 1.54) is 11.3 Å². The van der Waals surface area contributed by atoms with Gasteiger partial charge >= 0.3 is 0 Å². The molecule has 0 spiro atoms. The second kappa shape index (κ2) is 5.98. The lowest BCUT2D eigenvalue weighted by Gasteiger charge is -2.33. The van der Waals surface area contributed by atoms with Crippen LogP contribution in [-0.2, 0) is 4.74 Å². The summed E-state index contributed by atoms with van der Waals surface area (Å²) in [6.07, 6.45) is 0. The third-order valence-corrected chi connectivity index (χ3v) is 3.59. The molecule has 0 bridgehead atoms. The van der Waals surface area contributed by atoms with Crippen LogP contribution in [0.15, 0.2) is 84.1 Å². The van der Waals surface area contributed by atoms with Gasteiger partial charge in [-0.2, -0.15) is 0 Å². The SMILES string of the molecule is C=C1COCC(C)=C1N(c1ccccc1)c1ccccc1. The van der Waals surface area contributed by atoms with Crippen molar-refractivity contribution in [2.45, 2.75) is 6.92 Å². The molecule has 0 unspecified atom stereocenters. The molecule has 0 atom stereocenters. The molecule has 1 aliphatic heterocycles. The molecule has 2 aromatic rings. The lowest BCUT2D eigenvalue weighted by molar-refractivity contribution is 0.172. The van der Waals surface area contributed by atoms with Crippen LogP contribution < -0.4 is 4.90 Å². The Morgan fingerprint density at radius 3 is 1.86 bits per heavy atom. The Labute approximate surface area is 126 Å². The third-order valence-electron chi connectivity index (χ3n) is 3.59. The Morgan fingerprint density at radius 2 is 1.38 bits per heavy atom. The summed E-state index contributed by atoms with van der Waals surface area (Å²) in [6, 6.07) is 20.8. The van der Waals surface area contributed by atoms with Crippen LogP contribution in [0.4, 0.5) is 11.4 Å². The van der Waals surface area contributed by atoms with Gasteiger partial charge in [-0.1, -0.05) is 43.0 Å². The van der Waals surface area contributed by atoms with Gasteiger partial charge in [0.1, 0.15) is 0 Å². The van der Waals surface area contributed by atoms with Gasteiger partial charge in [0, 0.05) is 11.4 Å². The van der Waals surface area contributed by atoms with E-state index < -0.39 is 0 Å². The van der Waals surface area contributed by atoms with Crippen molar-refractivity contribution in [3.63, 3.8) is 0 Å². The lowest BCUT2D eigenvalue weighted by Crippen LogP contribution is -2.25. The van der Waals surface area contributed by atoms with Crippen LogP contribution in [-0.4, -0.2) is 13.2 Å². The standard InChI is InChI=1S/C19H19NO/c1-15-13-21-14-16(2)19(15)20(17-9-5-3-6-10-17)18-11-7-4-8-12-18/h3-12H,1,13-14H2,2H3. The van der Waals surface area contributed by atoms with Gasteiger partial charge in [-0.25, -0.2) is 0 Å². The fourth-order valence-electron chi connectivity index (χ4n) is 2.68. The van der Waals surface area contributed by atoms with Gasteiger partial charge in [-0.3, -0.25) is 0 Å². The van der Waals surface area contributed by atoms with Gasteiger partial charge in [-0.05, 0) is 42.3 Å². The van der Waals surface area contributed by atoms with E-state index in [0.717, 1.165) is 16.9 Å². The van der Waals surface area contributed by atoms with Crippen LogP contribution in [0, 0.1) is 0 Å². The van der Waals surface area contributed by atoms with Gasteiger partial charge < -0.3 is 9.64 Å². The fourth-order valence-corrected chi connectivity index (χ4v) is 2.68. The number of anilines is 2. The van der Waals surface area contributed by atoms with Crippen molar-refractivity contribution in [3.05, 3.63) is 84.1 Å². The molecule has 1 heterocycles. The van der Waals surface area contributed by atoms with Gasteiger partial charge in [0.25, 0.3) is 0 Å². The summed E-state index contributed by atoms with van der Waals surface area (Å²) in [7, 11) is 0. The highest BCUT2D eigenvalue weighted by atomic mass is 16.5. The van der Waals surface area contributed by atoms with Crippen LogP contribution in [0.3, 0.4) is 0 Å². The monoisotopic (exact) mass is 277 g/mol. The highest BCUT2D eigenvalue weighted by Gasteiger charge is 2.22. The van der Waals surface area contributed by atoms with E-state index in [1.54, 1.807) is 0 Å². The molecule has 1 aliphatic rings. The van der Waals surface area contributed by atoms with Crippen molar-refractivity contribution in [1.82, 2.24) is 0 Å². The molecule has 0 radical (unpaired) electrons. The Kier molecular flexibility index (Phi) is 3.89. The third kappa shape index (κ3) is 2.76. The number of para-hydroxylation sites is 2. The highest BCUT2D eigenvalue weighted by molar-refractivity contribution is 5.72. The van der Waals surface area contributed by atoms with Gasteiger partial charge in [0.15, 0.2) is 0 Å². The molecule has 2 heteroatoms.